The lowest BCUT2D eigenvalue weighted by Gasteiger charge is -2.27. The molecule has 4 rings (SSSR count). The van der Waals surface area contributed by atoms with E-state index in [9.17, 15) is 13.2 Å². The number of amides is 1. The van der Waals surface area contributed by atoms with Crippen molar-refractivity contribution in [3.8, 4) is 0 Å². The quantitative estimate of drug-likeness (QED) is 0.834. The number of benzene rings is 2. The largest absolute Gasteiger partial charge is 0.378 e. The molecule has 2 aromatic carbocycles. The van der Waals surface area contributed by atoms with Gasteiger partial charge in [-0.1, -0.05) is 50.2 Å². The van der Waals surface area contributed by atoms with Crippen LogP contribution in [0.1, 0.15) is 30.9 Å². The zero-order valence-electron chi connectivity index (χ0n) is 16.5. The van der Waals surface area contributed by atoms with Crippen molar-refractivity contribution in [2.75, 3.05) is 31.6 Å². The van der Waals surface area contributed by atoms with Gasteiger partial charge in [-0.15, -0.1) is 0 Å². The average molecular weight is 413 g/mol. The minimum atomic E-state index is -3.91. The van der Waals surface area contributed by atoms with Crippen LogP contribution in [0.15, 0.2) is 58.3 Å². The van der Waals surface area contributed by atoms with Gasteiger partial charge in [0, 0.05) is 24.3 Å². The molecule has 2 aromatic rings. The van der Waals surface area contributed by atoms with Crippen molar-refractivity contribution in [3.05, 3.63) is 64.6 Å². The third kappa shape index (κ3) is 3.45. The number of anilines is 1. The molecule has 6 nitrogen and oxygen atoms in total. The molecule has 0 aliphatic carbocycles. The van der Waals surface area contributed by atoms with Crippen molar-refractivity contribution in [2.24, 2.45) is 0 Å². The predicted molar refractivity (Wildman–Crippen MR) is 112 cm³/mol. The third-order valence-electron chi connectivity index (χ3n) is 5.28. The second kappa shape index (κ2) is 7.65. The van der Waals surface area contributed by atoms with Gasteiger partial charge in [-0.2, -0.15) is 0 Å². The molecule has 2 heterocycles. The first kappa shape index (κ1) is 19.7. The molecule has 0 aromatic heterocycles. The number of sulfone groups is 1. The molecule has 7 heteroatoms. The molecule has 1 saturated heterocycles. The van der Waals surface area contributed by atoms with Gasteiger partial charge in [0.25, 0.3) is 5.91 Å². The number of morpholine rings is 1. The highest BCUT2D eigenvalue weighted by Crippen LogP contribution is 2.41. The summed E-state index contributed by atoms with van der Waals surface area (Å²) in [6.45, 7) is 5.73. The van der Waals surface area contributed by atoms with E-state index < -0.39 is 15.7 Å². The second-order valence-corrected chi connectivity index (χ2v) is 9.33. The van der Waals surface area contributed by atoms with Crippen molar-refractivity contribution in [3.63, 3.8) is 0 Å². The number of rotatable bonds is 4. The number of fused-ring (bicyclic) bond motifs is 1. The van der Waals surface area contributed by atoms with Gasteiger partial charge in [0.05, 0.1) is 23.8 Å². The molecule has 0 bridgehead atoms. The summed E-state index contributed by atoms with van der Waals surface area (Å²) in [5.74, 6) is -0.236. The van der Waals surface area contributed by atoms with Crippen LogP contribution in [0.25, 0.3) is 5.70 Å². The number of para-hydroxylation sites is 1. The molecule has 1 N–H and O–H groups in total. The van der Waals surface area contributed by atoms with Crippen molar-refractivity contribution >= 4 is 27.1 Å². The average Bonchev–Trinajstić information content (AvgIpc) is 2.95. The highest BCUT2D eigenvalue weighted by molar-refractivity contribution is 7.97. The standard InChI is InChI=1S/C22H24N2O4S/c1-15(2)16-7-3-5-9-18(16)23-20-17-8-4-6-10-19(17)29(26,27)21(20)22(25)24-11-13-28-14-12-24/h3-10,15,23H,11-14H2,1-2H3. The van der Waals surface area contributed by atoms with E-state index >= 15 is 0 Å². The first-order valence-corrected chi connectivity index (χ1v) is 11.2. The van der Waals surface area contributed by atoms with Crippen molar-refractivity contribution in [1.82, 2.24) is 4.90 Å². The van der Waals surface area contributed by atoms with Gasteiger partial charge in [-0.25, -0.2) is 8.42 Å². The van der Waals surface area contributed by atoms with Gasteiger partial charge in [0.1, 0.15) is 0 Å². The summed E-state index contributed by atoms with van der Waals surface area (Å²) in [5.41, 5.74) is 2.74. The highest BCUT2D eigenvalue weighted by atomic mass is 32.2. The molecule has 0 spiro atoms. The number of carbonyl (C=O) groups is 1. The summed E-state index contributed by atoms with van der Waals surface area (Å²) in [6.07, 6.45) is 0. The Morgan fingerprint density at radius 3 is 2.41 bits per heavy atom. The Morgan fingerprint density at radius 2 is 1.69 bits per heavy atom. The Balaban J connectivity index is 1.86. The van der Waals surface area contributed by atoms with E-state index in [0.717, 1.165) is 11.3 Å². The molecule has 0 atom stereocenters. The van der Waals surface area contributed by atoms with Crippen LogP contribution in [0.5, 0.6) is 0 Å². The van der Waals surface area contributed by atoms with Gasteiger partial charge >= 0.3 is 0 Å². The minimum absolute atomic E-state index is 0.168. The number of nitrogens with zero attached hydrogens (tertiary/aromatic N) is 1. The van der Waals surface area contributed by atoms with Gasteiger partial charge in [0.2, 0.25) is 9.84 Å². The maximum atomic E-state index is 13.3. The monoisotopic (exact) mass is 412 g/mol. The molecule has 2 aliphatic heterocycles. The molecule has 0 saturated carbocycles. The summed E-state index contributed by atoms with van der Waals surface area (Å²) in [5, 5.41) is 3.29. The van der Waals surface area contributed by atoms with E-state index in [1.165, 1.54) is 0 Å². The fourth-order valence-electron chi connectivity index (χ4n) is 3.78. The minimum Gasteiger partial charge on any atom is -0.378 e. The SMILES string of the molecule is CC(C)c1ccccc1NC1=C(C(=O)N2CCOCC2)S(=O)(=O)c2ccccc21. The number of ether oxygens (including phenoxy) is 1. The lowest BCUT2D eigenvalue weighted by atomic mass is 10.0. The molecule has 152 valence electrons. The van der Waals surface area contributed by atoms with Gasteiger partial charge < -0.3 is 15.0 Å². The Bertz CT molecular complexity index is 1080. The van der Waals surface area contributed by atoms with Crippen LogP contribution in [-0.2, 0) is 19.4 Å². The van der Waals surface area contributed by atoms with Crippen LogP contribution in [0.2, 0.25) is 0 Å². The molecule has 1 amide bonds. The maximum Gasteiger partial charge on any atom is 0.268 e. The van der Waals surface area contributed by atoms with Crippen LogP contribution in [0.4, 0.5) is 5.69 Å². The third-order valence-corrected chi connectivity index (χ3v) is 7.13. The fourth-order valence-corrected chi connectivity index (χ4v) is 5.51. The summed E-state index contributed by atoms with van der Waals surface area (Å²) in [4.78, 5) is 14.8. The Hall–Kier alpha value is -2.64. The van der Waals surface area contributed by atoms with E-state index in [1.807, 2.05) is 24.3 Å². The molecule has 29 heavy (non-hydrogen) atoms. The second-order valence-electron chi connectivity index (χ2n) is 7.48. The summed E-state index contributed by atoms with van der Waals surface area (Å²) in [7, 11) is -3.91. The van der Waals surface area contributed by atoms with Crippen molar-refractivity contribution in [1.29, 1.82) is 0 Å². The molecule has 2 aliphatic rings. The van der Waals surface area contributed by atoms with Crippen LogP contribution in [0.3, 0.4) is 0 Å². The normalized spacial score (nSPS) is 18.1. The number of nitrogens with one attached hydrogen (secondary N) is 1. The summed E-state index contributed by atoms with van der Waals surface area (Å²) in [6, 6.07) is 14.5. The topological polar surface area (TPSA) is 75.7 Å². The van der Waals surface area contributed by atoms with E-state index in [1.54, 1.807) is 29.2 Å². The summed E-state index contributed by atoms with van der Waals surface area (Å²) >= 11 is 0. The number of carbonyl (C=O) groups excluding carboxylic acids is 1. The highest BCUT2D eigenvalue weighted by Gasteiger charge is 2.42. The van der Waals surface area contributed by atoms with E-state index in [0.29, 0.717) is 37.6 Å². The predicted octanol–water partition coefficient (Wildman–Crippen LogP) is 3.24. The molecule has 1 fully saturated rings. The van der Waals surface area contributed by atoms with Crippen LogP contribution in [-0.4, -0.2) is 45.5 Å². The Labute approximate surface area is 171 Å². The van der Waals surface area contributed by atoms with Gasteiger partial charge in [-0.05, 0) is 23.6 Å². The number of hydrogen-bond acceptors (Lipinski definition) is 5. The lowest BCUT2D eigenvalue weighted by Crippen LogP contribution is -2.42. The zero-order valence-corrected chi connectivity index (χ0v) is 17.3. The van der Waals surface area contributed by atoms with E-state index in [4.69, 9.17) is 4.74 Å². The molecule has 0 radical (unpaired) electrons. The molecule has 0 unspecified atom stereocenters. The smallest absolute Gasteiger partial charge is 0.268 e. The lowest BCUT2D eigenvalue weighted by molar-refractivity contribution is -0.130. The maximum absolute atomic E-state index is 13.3. The van der Waals surface area contributed by atoms with Crippen molar-refractivity contribution < 1.29 is 17.9 Å². The van der Waals surface area contributed by atoms with E-state index in [-0.39, 0.29) is 15.7 Å². The van der Waals surface area contributed by atoms with Crippen molar-refractivity contribution in [2.45, 2.75) is 24.7 Å². The van der Waals surface area contributed by atoms with Crippen LogP contribution < -0.4 is 5.32 Å². The first-order chi connectivity index (χ1) is 13.9. The number of hydrogen-bond donors (Lipinski definition) is 1. The molecular formula is C22H24N2O4S. The van der Waals surface area contributed by atoms with E-state index in [2.05, 4.69) is 19.2 Å². The van der Waals surface area contributed by atoms with Gasteiger partial charge in [-0.3, -0.25) is 4.79 Å². The Morgan fingerprint density at radius 1 is 1.03 bits per heavy atom. The summed E-state index contributed by atoms with van der Waals surface area (Å²) < 4.78 is 31.9. The van der Waals surface area contributed by atoms with Gasteiger partial charge in [0.15, 0.2) is 4.91 Å². The van der Waals surface area contributed by atoms with Crippen LogP contribution >= 0.6 is 0 Å². The van der Waals surface area contributed by atoms with Crippen LogP contribution in [0, 0.1) is 0 Å². The Kier molecular flexibility index (Phi) is 5.19. The molecular weight excluding hydrogens is 388 g/mol. The zero-order chi connectivity index (χ0) is 20.6. The fraction of sp³-hybridized carbons (Fsp3) is 0.318. The first-order valence-electron chi connectivity index (χ1n) is 9.73.